The lowest BCUT2D eigenvalue weighted by molar-refractivity contribution is 0.312. The first-order valence-electron chi connectivity index (χ1n) is 11.0. The molecule has 2 aliphatic rings. The van der Waals surface area contributed by atoms with E-state index >= 15 is 0 Å². The molecule has 178 valence electrons. The van der Waals surface area contributed by atoms with E-state index in [1.165, 1.54) is 23.6 Å². The summed E-state index contributed by atoms with van der Waals surface area (Å²) in [5.74, 6) is 1.52. The number of rotatable bonds is 5. The molecule has 3 aromatic rings. The van der Waals surface area contributed by atoms with Crippen molar-refractivity contribution in [1.82, 2.24) is 14.9 Å². The number of anilines is 4. The monoisotopic (exact) mass is 499 g/mol. The molecule has 0 saturated heterocycles. The molecule has 34 heavy (non-hydrogen) atoms. The average molecular weight is 500 g/mol. The molecule has 0 amide bonds. The van der Waals surface area contributed by atoms with Crippen LogP contribution in [0.3, 0.4) is 0 Å². The number of benzene rings is 2. The predicted octanol–water partition coefficient (Wildman–Crippen LogP) is 4.11. The van der Waals surface area contributed by atoms with Crippen LogP contribution in [-0.2, 0) is 22.8 Å². The van der Waals surface area contributed by atoms with Crippen LogP contribution in [0.4, 0.5) is 23.1 Å². The third-order valence-electron chi connectivity index (χ3n) is 6.39. The van der Waals surface area contributed by atoms with Crippen LogP contribution in [0, 0.1) is 0 Å². The molecule has 1 unspecified atom stereocenters. The molecule has 2 aromatic carbocycles. The van der Waals surface area contributed by atoms with Gasteiger partial charge in [0.2, 0.25) is 5.95 Å². The van der Waals surface area contributed by atoms with Crippen LogP contribution in [0.2, 0.25) is 5.02 Å². The molecule has 0 saturated carbocycles. The summed E-state index contributed by atoms with van der Waals surface area (Å²) < 4.78 is 30.5. The molecular formula is C24H26ClN5O3S. The van der Waals surface area contributed by atoms with Crippen molar-refractivity contribution in [3.05, 3.63) is 64.3 Å². The van der Waals surface area contributed by atoms with Crippen LogP contribution in [0.15, 0.2) is 42.6 Å². The van der Waals surface area contributed by atoms with Gasteiger partial charge < -0.3 is 19.9 Å². The fourth-order valence-electron chi connectivity index (χ4n) is 4.66. The van der Waals surface area contributed by atoms with Gasteiger partial charge in [-0.3, -0.25) is 0 Å². The minimum atomic E-state index is -3.32. The second-order valence-corrected chi connectivity index (χ2v) is 11.4. The van der Waals surface area contributed by atoms with Gasteiger partial charge in [0.1, 0.15) is 16.0 Å². The average Bonchev–Trinajstić information content (AvgIpc) is 3.20. The molecule has 1 N–H and O–H groups in total. The smallest absolute Gasteiger partial charge is 0.229 e. The zero-order valence-corrected chi connectivity index (χ0v) is 20.8. The molecule has 0 bridgehead atoms. The van der Waals surface area contributed by atoms with Crippen LogP contribution in [-0.4, -0.2) is 56.8 Å². The maximum Gasteiger partial charge on any atom is 0.229 e. The van der Waals surface area contributed by atoms with Crippen molar-refractivity contribution in [2.24, 2.45) is 0 Å². The van der Waals surface area contributed by atoms with Gasteiger partial charge in [-0.25, -0.2) is 13.4 Å². The lowest BCUT2D eigenvalue weighted by atomic mass is 9.99. The van der Waals surface area contributed by atoms with Gasteiger partial charge in [0, 0.05) is 31.6 Å². The van der Waals surface area contributed by atoms with Crippen molar-refractivity contribution in [3.63, 3.8) is 0 Å². The highest BCUT2D eigenvalue weighted by atomic mass is 35.5. The van der Waals surface area contributed by atoms with Crippen LogP contribution in [0.1, 0.15) is 21.9 Å². The maximum atomic E-state index is 12.5. The van der Waals surface area contributed by atoms with Gasteiger partial charge >= 0.3 is 0 Å². The van der Waals surface area contributed by atoms with Crippen molar-refractivity contribution >= 4 is 44.6 Å². The summed E-state index contributed by atoms with van der Waals surface area (Å²) in [5.41, 5.74) is 4.80. The Balaban J connectivity index is 1.51. The zero-order chi connectivity index (χ0) is 24.0. The number of fused-ring (bicyclic) bond motifs is 2. The highest BCUT2D eigenvalue weighted by Gasteiger charge is 2.37. The number of nitrogens with one attached hydrogen (secondary N) is 1. The molecule has 3 heterocycles. The molecule has 0 fully saturated rings. The van der Waals surface area contributed by atoms with E-state index in [2.05, 4.69) is 39.4 Å². The third-order valence-corrected chi connectivity index (χ3v) is 8.10. The molecular weight excluding hydrogens is 474 g/mol. The summed E-state index contributed by atoms with van der Waals surface area (Å²) >= 11 is 6.50. The molecule has 5 rings (SSSR count). The number of halogens is 1. The highest BCUT2D eigenvalue weighted by Crippen LogP contribution is 2.44. The number of methoxy groups -OCH3 is 1. The molecule has 10 heteroatoms. The van der Waals surface area contributed by atoms with E-state index in [9.17, 15) is 8.42 Å². The molecule has 8 nitrogen and oxygen atoms in total. The third kappa shape index (κ3) is 4.19. The zero-order valence-electron chi connectivity index (χ0n) is 19.2. The topological polar surface area (TPSA) is 87.7 Å². The summed E-state index contributed by atoms with van der Waals surface area (Å²) in [5, 5.41) is 2.97. The minimum absolute atomic E-state index is 0.239. The summed E-state index contributed by atoms with van der Waals surface area (Å²) in [4.78, 5) is 13.2. The number of sulfone groups is 1. The van der Waals surface area contributed by atoms with Gasteiger partial charge in [0.05, 0.1) is 19.0 Å². The summed E-state index contributed by atoms with van der Waals surface area (Å²) in [6.07, 6.45) is 3.76. The second-order valence-electron chi connectivity index (χ2n) is 8.79. The fourth-order valence-corrected chi connectivity index (χ4v) is 5.93. The van der Waals surface area contributed by atoms with Crippen molar-refractivity contribution in [2.75, 3.05) is 43.7 Å². The number of hydrogen-bond acceptors (Lipinski definition) is 8. The van der Waals surface area contributed by atoms with Crippen molar-refractivity contribution < 1.29 is 13.2 Å². The number of nitrogens with zero attached hydrogens (tertiary/aromatic N) is 4. The van der Waals surface area contributed by atoms with Gasteiger partial charge in [-0.15, -0.1) is 0 Å². The molecule has 0 aliphatic carbocycles. The second kappa shape index (κ2) is 8.72. The van der Waals surface area contributed by atoms with E-state index < -0.39 is 15.1 Å². The Bertz CT molecular complexity index is 1360. The molecule has 0 radical (unpaired) electrons. The molecule has 1 aromatic heterocycles. The number of ether oxygens (including phenoxy) is 1. The molecule has 0 spiro atoms. The first-order chi connectivity index (χ1) is 16.2. The summed E-state index contributed by atoms with van der Waals surface area (Å²) in [6.45, 7) is 2.11. The number of likely N-dealkylation sites (N-methyl/N-ethyl adjacent to an activating group) is 1. The Morgan fingerprint density at radius 3 is 2.76 bits per heavy atom. The highest BCUT2D eigenvalue weighted by molar-refractivity contribution is 7.91. The predicted molar refractivity (Wildman–Crippen MR) is 134 cm³/mol. The SMILES string of the molecule is COc1cc2c(cc1Nc1ncc(Cl)c(N3CC(S(C)(=O)=O)c4ccccc43)n1)CN(C)CC2. The van der Waals surface area contributed by atoms with Crippen molar-refractivity contribution in [1.29, 1.82) is 0 Å². The normalized spacial score (nSPS) is 17.9. The lowest BCUT2D eigenvalue weighted by Crippen LogP contribution is -2.26. The maximum absolute atomic E-state index is 12.5. The van der Waals surface area contributed by atoms with E-state index in [1.807, 2.05) is 29.2 Å². The van der Waals surface area contributed by atoms with Crippen molar-refractivity contribution in [2.45, 2.75) is 18.2 Å². The quantitative estimate of drug-likeness (QED) is 0.561. The Hall–Kier alpha value is -2.88. The van der Waals surface area contributed by atoms with Gasteiger partial charge in [-0.1, -0.05) is 29.8 Å². The minimum Gasteiger partial charge on any atom is -0.495 e. The number of aromatic nitrogens is 2. The lowest BCUT2D eigenvalue weighted by Gasteiger charge is -2.26. The van der Waals surface area contributed by atoms with Crippen LogP contribution in [0.5, 0.6) is 5.75 Å². The fraction of sp³-hybridized carbons (Fsp3) is 0.333. The van der Waals surface area contributed by atoms with Crippen LogP contribution in [0.25, 0.3) is 0 Å². The van der Waals surface area contributed by atoms with Gasteiger partial charge in [-0.05, 0) is 48.4 Å². The van der Waals surface area contributed by atoms with Gasteiger partial charge in [0.25, 0.3) is 0 Å². The first-order valence-corrected chi connectivity index (χ1v) is 13.3. The van der Waals surface area contributed by atoms with E-state index in [0.29, 0.717) is 22.5 Å². The Labute approximate surface area is 204 Å². The number of para-hydroxylation sites is 1. The van der Waals surface area contributed by atoms with Gasteiger partial charge in [-0.2, -0.15) is 4.98 Å². The largest absolute Gasteiger partial charge is 0.495 e. The van der Waals surface area contributed by atoms with E-state index in [0.717, 1.165) is 36.4 Å². The van der Waals surface area contributed by atoms with Crippen molar-refractivity contribution in [3.8, 4) is 5.75 Å². The van der Waals surface area contributed by atoms with E-state index in [-0.39, 0.29) is 6.54 Å². The Kier molecular flexibility index (Phi) is 5.87. The standard InChI is InChI=1S/C24H26ClN5O3S/c1-29-9-8-15-11-21(33-2)19(10-16(15)13-29)27-24-26-12-18(25)23(28-24)30-14-22(34(3,31)32)17-6-4-5-7-20(17)30/h4-7,10-12,22H,8-9,13-14H2,1-3H3,(H,26,27,28). The number of hydrogen-bond donors (Lipinski definition) is 1. The molecule has 2 aliphatic heterocycles. The summed E-state index contributed by atoms with van der Waals surface area (Å²) in [6, 6.07) is 11.6. The van der Waals surface area contributed by atoms with Crippen LogP contribution < -0.4 is 15.0 Å². The van der Waals surface area contributed by atoms with Crippen LogP contribution >= 0.6 is 11.6 Å². The summed E-state index contributed by atoms with van der Waals surface area (Å²) in [7, 11) is 0.430. The van der Waals surface area contributed by atoms with E-state index in [4.69, 9.17) is 16.3 Å². The van der Waals surface area contributed by atoms with E-state index in [1.54, 1.807) is 7.11 Å². The molecule has 1 atom stereocenters. The first kappa shape index (κ1) is 22.9. The van der Waals surface area contributed by atoms with Gasteiger partial charge in [0.15, 0.2) is 15.7 Å². The Morgan fingerprint density at radius 2 is 2.00 bits per heavy atom. The Morgan fingerprint density at radius 1 is 1.21 bits per heavy atom.